The maximum atomic E-state index is 12.9. The molecule has 39 heavy (non-hydrogen) atoms. The number of hydrogen-bond donors (Lipinski definition) is 3. The average molecular weight is 560 g/mol. The molecule has 11 nitrogen and oxygen atoms in total. The Kier molecular flexibility index (Phi) is 10.7. The molecular formula is C27H41N7O4S. The van der Waals surface area contributed by atoms with Gasteiger partial charge in [0.25, 0.3) is 5.91 Å². The predicted octanol–water partition coefficient (Wildman–Crippen LogP) is 3.91. The van der Waals surface area contributed by atoms with Gasteiger partial charge in [0.05, 0.1) is 11.4 Å². The summed E-state index contributed by atoms with van der Waals surface area (Å²) >= 11 is 1.34. The van der Waals surface area contributed by atoms with Crippen molar-refractivity contribution in [1.29, 1.82) is 0 Å². The quantitative estimate of drug-likeness (QED) is 0.426. The summed E-state index contributed by atoms with van der Waals surface area (Å²) in [7, 11) is 2.12. The van der Waals surface area contributed by atoms with Crippen LogP contribution in [-0.2, 0) is 11.3 Å². The first-order valence-electron chi connectivity index (χ1n) is 13.2. The molecule has 3 rings (SSSR count). The van der Waals surface area contributed by atoms with Crippen molar-refractivity contribution in [3.63, 3.8) is 0 Å². The lowest BCUT2D eigenvalue weighted by atomic mass is 10.2. The van der Waals surface area contributed by atoms with Crippen LogP contribution in [0.5, 0.6) is 0 Å². The summed E-state index contributed by atoms with van der Waals surface area (Å²) < 4.78 is 5.29. The number of pyridine rings is 1. The molecule has 0 unspecified atom stereocenters. The lowest BCUT2D eigenvalue weighted by Gasteiger charge is -2.34. The van der Waals surface area contributed by atoms with E-state index in [1.54, 1.807) is 54.8 Å². The number of ether oxygens (including phenoxy) is 1. The van der Waals surface area contributed by atoms with E-state index in [2.05, 4.69) is 37.8 Å². The third-order valence-corrected chi connectivity index (χ3v) is 6.70. The van der Waals surface area contributed by atoms with E-state index in [0.29, 0.717) is 24.5 Å². The van der Waals surface area contributed by atoms with Gasteiger partial charge in [-0.05, 0) is 53.3 Å². The minimum atomic E-state index is -0.634. The van der Waals surface area contributed by atoms with Crippen LogP contribution < -0.4 is 16.0 Å². The van der Waals surface area contributed by atoms with Crippen molar-refractivity contribution >= 4 is 40.7 Å². The van der Waals surface area contributed by atoms with Crippen LogP contribution in [-0.4, -0.2) is 95.7 Å². The van der Waals surface area contributed by atoms with Crippen molar-refractivity contribution in [2.75, 3.05) is 56.9 Å². The van der Waals surface area contributed by atoms with E-state index in [0.717, 1.165) is 38.3 Å². The molecule has 0 bridgehead atoms. The largest absolute Gasteiger partial charge is 0.444 e. The van der Waals surface area contributed by atoms with Crippen LogP contribution in [0.2, 0.25) is 0 Å². The van der Waals surface area contributed by atoms with Crippen molar-refractivity contribution in [3.8, 4) is 0 Å². The van der Waals surface area contributed by atoms with Crippen LogP contribution in [0.25, 0.3) is 0 Å². The van der Waals surface area contributed by atoms with Gasteiger partial charge < -0.3 is 25.2 Å². The van der Waals surface area contributed by atoms with Gasteiger partial charge in [0.15, 0.2) is 0 Å². The van der Waals surface area contributed by atoms with E-state index < -0.39 is 17.6 Å². The van der Waals surface area contributed by atoms with E-state index in [1.807, 2.05) is 13.8 Å². The van der Waals surface area contributed by atoms with E-state index in [-0.39, 0.29) is 17.8 Å². The molecular weight excluding hydrogens is 518 g/mol. The van der Waals surface area contributed by atoms with E-state index in [9.17, 15) is 14.4 Å². The number of anilines is 2. The minimum absolute atomic E-state index is 0.0274. The molecule has 1 fully saturated rings. The highest BCUT2D eigenvalue weighted by molar-refractivity contribution is 7.09. The zero-order valence-corrected chi connectivity index (χ0v) is 24.6. The Balaban J connectivity index is 1.60. The number of nitrogens with zero attached hydrogens (tertiary/aromatic N) is 4. The number of urea groups is 1. The highest BCUT2D eigenvalue weighted by Crippen LogP contribution is 2.27. The molecule has 0 aromatic carbocycles. The first-order valence-corrected chi connectivity index (χ1v) is 14.1. The maximum Gasteiger partial charge on any atom is 0.412 e. The number of aromatic nitrogens is 1. The number of carbonyl (C=O) groups excluding carboxylic acids is 3. The summed E-state index contributed by atoms with van der Waals surface area (Å²) in [5, 5.41) is 11.9. The van der Waals surface area contributed by atoms with Crippen LogP contribution in [0.3, 0.4) is 0 Å². The van der Waals surface area contributed by atoms with Crippen molar-refractivity contribution < 1.29 is 19.1 Å². The van der Waals surface area contributed by atoms with Crippen LogP contribution in [0, 0.1) is 0 Å². The molecule has 4 amide bonds. The Morgan fingerprint density at radius 1 is 1.08 bits per heavy atom. The van der Waals surface area contributed by atoms with E-state index >= 15 is 0 Å². The molecule has 1 aliphatic rings. The van der Waals surface area contributed by atoms with Crippen LogP contribution >= 0.6 is 11.3 Å². The fourth-order valence-electron chi connectivity index (χ4n) is 3.89. The second-order valence-electron chi connectivity index (χ2n) is 11.0. The van der Waals surface area contributed by atoms with Crippen LogP contribution in [0.15, 0.2) is 29.1 Å². The first-order chi connectivity index (χ1) is 18.4. The molecule has 0 spiro atoms. The Bertz CT molecular complexity index is 1110. The molecule has 214 valence electrons. The van der Waals surface area contributed by atoms with Gasteiger partial charge in [-0.3, -0.25) is 20.0 Å². The van der Waals surface area contributed by atoms with E-state index in [4.69, 9.17) is 4.74 Å². The standard InChI is InChI=1S/C27H41N7O4S/c1-19(2)29-25(36)34(14-13-33-11-9-32(6)10-12-33)16-20-7-8-21(28-15-20)24(35)30-22-17-39-18-23(22)31-26(37)38-27(3,4)5/h7-8,15,17-19H,9-14,16H2,1-6H3,(H,29,36)(H,30,35)(H,31,37). The summed E-state index contributed by atoms with van der Waals surface area (Å²) in [6.45, 7) is 15.0. The lowest BCUT2D eigenvalue weighted by molar-refractivity contribution is 0.0635. The Morgan fingerprint density at radius 3 is 2.33 bits per heavy atom. The Hall–Kier alpha value is -3.22. The molecule has 12 heteroatoms. The van der Waals surface area contributed by atoms with Gasteiger partial charge in [-0.1, -0.05) is 6.07 Å². The lowest BCUT2D eigenvalue weighted by Crippen LogP contribution is -2.49. The van der Waals surface area contributed by atoms with Crippen LogP contribution in [0.1, 0.15) is 50.7 Å². The van der Waals surface area contributed by atoms with Gasteiger partial charge in [-0.25, -0.2) is 9.59 Å². The van der Waals surface area contributed by atoms with Crippen molar-refractivity contribution in [1.82, 2.24) is 25.0 Å². The summed E-state index contributed by atoms with van der Waals surface area (Å²) in [5.41, 5.74) is 1.33. The van der Waals surface area contributed by atoms with Crippen molar-refractivity contribution in [2.24, 2.45) is 0 Å². The van der Waals surface area contributed by atoms with Crippen molar-refractivity contribution in [3.05, 3.63) is 40.3 Å². The molecule has 0 saturated carbocycles. The number of likely N-dealkylation sites (N-methyl/N-ethyl adjacent to an activating group) is 1. The number of nitrogens with one attached hydrogen (secondary N) is 3. The molecule has 2 aromatic heterocycles. The maximum absolute atomic E-state index is 12.9. The van der Waals surface area contributed by atoms with Crippen molar-refractivity contribution in [2.45, 2.75) is 52.8 Å². The zero-order valence-electron chi connectivity index (χ0n) is 23.7. The van der Waals surface area contributed by atoms with E-state index in [1.165, 1.54) is 11.3 Å². The predicted molar refractivity (Wildman–Crippen MR) is 154 cm³/mol. The Morgan fingerprint density at radius 2 is 1.74 bits per heavy atom. The Labute approximate surface area is 234 Å². The summed E-state index contributed by atoms with van der Waals surface area (Å²) in [4.78, 5) is 48.7. The number of rotatable bonds is 9. The first kappa shape index (κ1) is 30.3. The molecule has 0 aliphatic carbocycles. The fraction of sp³-hybridized carbons (Fsp3) is 0.556. The zero-order chi connectivity index (χ0) is 28.6. The third kappa shape index (κ3) is 10.1. The number of thiophene rings is 1. The monoisotopic (exact) mass is 559 g/mol. The third-order valence-electron chi connectivity index (χ3n) is 5.96. The molecule has 3 N–H and O–H groups in total. The topological polar surface area (TPSA) is 119 Å². The van der Waals surface area contributed by atoms with Gasteiger partial charge in [0.2, 0.25) is 0 Å². The second kappa shape index (κ2) is 13.7. The molecule has 0 radical (unpaired) electrons. The smallest absolute Gasteiger partial charge is 0.412 e. The van der Waals surface area contributed by atoms with Gasteiger partial charge >= 0.3 is 12.1 Å². The summed E-state index contributed by atoms with van der Waals surface area (Å²) in [6, 6.07) is 3.35. The summed E-state index contributed by atoms with van der Waals surface area (Å²) in [5.74, 6) is -0.406. The number of amides is 4. The minimum Gasteiger partial charge on any atom is -0.444 e. The molecule has 0 atom stereocenters. The van der Waals surface area contributed by atoms with Gasteiger partial charge in [-0.2, -0.15) is 0 Å². The number of piperazine rings is 1. The second-order valence-corrected chi connectivity index (χ2v) is 11.7. The molecule has 2 aromatic rings. The molecule has 1 aliphatic heterocycles. The number of carbonyl (C=O) groups is 3. The van der Waals surface area contributed by atoms with Gasteiger partial charge in [0, 0.05) is 68.8 Å². The van der Waals surface area contributed by atoms with Gasteiger partial charge in [-0.15, -0.1) is 11.3 Å². The summed E-state index contributed by atoms with van der Waals surface area (Å²) in [6.07, 6.45) is 1.02. The SMILES string of the molecule is CC(C)NC(=O)N(CCN1CCN(C)CC1)Cc1ccc(C(=O)Nc2cscc2NC(=O)OC(C)(C)C)nc1. The van der Waals surface area contributed by atoms with Crippen LogP contribution in [0.4, 0.5) is 21.0 Å². The number of hydrogen-bond acceptors (Lipinski definition) is 8. The highest BCUT2D eigenvalue weighted by Gasteiger charge is 2.21. The average Bonchev–Trinajstić information content (AvgIpc) is 3.27. The normalized spacial score (nSPS) is 14.6. The molecule has 3 heterocycles. The molecule has 1 saturated heterocycles. The van der Waals surface area contributed by atoms with Gasteiger partial charge in [0.1, 0.15) is 11.3 Å². The highest BCUT2D eigenvalue weighted by atomic mass is 32.1. The fourth-order valence-corrected chi connectivity index (χ4v) is 4.60.